The van der Waals surface area contributed by atoms with Crippen molar-refractivity contribution in [2.75, 3.05) is 13.1 Å². The number of hydrogen-bond donors (Lipinski definition) is 0. The second kappa shape index (κ2) is 8.19. The average molecular weight is 457 g/mol. The van der Waals surface area contributed by atoms with Crippen molar-refractivity contribution in [3.63, 3.8) is 0 Å². The number of aromatic nitrogens is 4. The van der Waals surface area contributed by atoms with Crippen molar-refractivity contribution in [1.29, 1.82) is 0 Å². The molecule has 1 fully saturated rings. The van der Waals surface area contributed by atoms with E-state index in [0.29, 0.717) is 17.8 Å². The number of urea groups is 1. The number of hydrazone groups is 1. The van der Waals surface area contributed by atoms with E-state index in [1.54, 1.807) is 23.9 Å². The molecule has 0 unspecified atom stereocenters. The highest BCUT2D eigenvalue weighted by atomic mass is 19.1. The molecule has 2 aliphatic rings. The largest absolute Gasteiger partial charge is 0.468 e. The van der Waals surface area contributed by atoms with Crippen LogP contribution < -0.4 is 4.74 Å². The predicted octanol–water partition coefficient (Wildman–Crippen LogP) is 3.00. The van der Waals surface area contributed by atoms with Gasteiger partial charge in [-0.05, 0) is 24.6 Å². The van der Waals surface area contributed by atoms with Crippen molar-refractivity contribution in [3.05, 3.63) is 65.6 Å². The molecule has 2 aliphatic heterocycles. The highest BCUT2D eigenvalue weighted by Crippen LogP contribution is 2.31. The number of nitrogens with zero attached hydrogens (tertiary/aromatic N) is 7. The van der Waals surface area contributed by atoms with Crippen LogP contribution in [-0.4, -0.2) is 60.9 Å². The lowest BCUT2D eigenvalue weighted by atomic mass is 10.0. The highest BCUT2D eigenvalue weighted by molar-refractivity contribution is 5.79. The zero-order chi connectivity index (χ0) is 23.1. The van der Waals surface area contributed by atoms with Crippen LogP contribution in [0.4, 0.5) is 18.0 Å². The van der Waals surface area contributed by atoms with Gasteiger partial charge in [-0.2, -0.15) is 14.5 Å². The van der Waals surface area contributed by atoms with Crippen LogP contribution in [0.5, 0.6) is 5.88 Å². The van der Waals surface area contributed by atoms with E-state index < -0.39 is 35.6 Å². The monoisotopic (exact) mass is 457 g/mol. The molecule has 0 N–H and O–H groups in total. The first-order valence-corrected chi connectivity index (χ1v) is 10.1. The standard InChI is InChI=1S/C21H18F3N7O2/c1-12-25-4-5-30(12)20-26-9-17(24)19(28-20)33-16-10-29(11-16)21(32)31-18(2-3-27-31)13-6-14(22)8-15(23)7-13/h3-9,16,18H,2,10-11H2,1H3/t18-/m0/s1. The van der Waals surface area contributed by atoms with E-state index in [4.69, 9.17) is 4.74 Å². The average Bonchev–Trinajstić information content (AvgIpc) is 3.39. The molecule has 0 aliphatic carbocycles. The summed E-state index contributed by atoms with van der Waals surface area (Å²) in [5, 5.41) is 5.26. The number of ether oxygens (including phenoxy) is 1. The zero-order valence-corrected chi connectivity index (χ0v) is 17.4. The van der Waals surface area contributed by atoms with Gasteiger partial charge < -0.3 is 9.64 Å². The van der Waals surface area contributed by atoms with Crippen LogP contribution in [-0.2, 0) is 0 Å². The van der Waals surface area contributed by atoms with E-state index in [1.165, 1.54) is 28.3 Å². The molecule has 1 aromatic carbocycles. The minimum atomic E-state index is -0.723. The lowest BCUT2D eigenvalue weighted by Crippen LogP contribution is -2.59. The normalized spacial score (nSPS) is 18.0. The van der Waals surface area contributed by atoms with Gasteiger partial charge in [0.2, 0.25) is 11.8 Å². The van der Waals surface area contributed by atoms with E-state index in [0.717, 1.165) is 12.3 Å². The third-order valence-corrected chi connectivity index (χ3v) is 5.43. The Morgan fingerprint density at radius 1 is 1.12 bits per heavy atom. The fraction of sp³-hybridized carbons (Fsp3) is 0.286. The lowest BCUT2D eigenvalue weighted by Gasteiger charge is -2.40. The van der Waals surface area contributed by atoms with Crippen molar-refractivity contribution in [3.8, 4) is 11.8 Å². The first-order chi connectivity index (χ1) is 15.9. The Balaban J connectivity index is 1.24. The van der Waals surface area contributed by atoms with Gasteiger partial charge in [-0.3, -0.25) is 4.57 Å². The first-order valence-electron chi connectivity index (χ1n) is 10.1. The van der Waals surface area contributed by atoms with Gasteiger partial charge in [-0.25, -0.2) is 28.6 Å². The number of imidazole rings is 1. The fourth-order valence-corrected chi connectivity index (χ4v) is 3.75. The second-order valence-electron chi connectivity index (χ2n) is 7.69. The van der Waals surface area contributed by atoms with Crippen molar-refractivity contribution in [1.82, 2.24) is 29.4 Å². The van der Waals surface area contributed by atoms with Gasteiger partial charge >= 0.3 is 6.03 Å². The summed E-state index contributed by atoms with van der Waals surface area (Å²) in [4.78, 5) is 26.5. The molecule has 0 saturated carbocycles. The highest BCUT2D eigenvalue weighted by Gasteiger charge is 2.39. The SMILES string of the molecule is Cc1nccn1-c1ncc(F)c(OC2CN(C(=O)N3N=CC[C@H]3c3cc(F)cc(F)c3)C2)n1. The summed E-state index contributed by atoms with van der Waals surface area (Å²) in [6, 6.07) is 2.10. The van der Waals surface area contributed by atoms with Gasteiger partial charge in [0.25, 0.3) is 5.88 Å². The molecule has 33 heavy (non-hydrogen) atoms. The maximum absolute atomic E-state index is 14.2. The first kappa shape index (κ1) is 20.9. The molecule has 9 nitrogen and oxygen atoms in total. The van der Waals surface area contributed by atoms with E-state index in [2.05, 4.69) is 20.1 Å². The minimum Gasteiger partial charge on any atom is -0.468 e. The fourth-order valence-electron chi connectivity index (χ4n) is 3.75. The summed E-state index contributed by atoms with van der Waals surface area (Å²) >= 11 is 0. The molecule has 0 radical (unpaired) electrons. The van der Waals surface area contributed by atoms with Crippen LogP contribution in [0.1, 0.15) is 23.9 Å². The Morgan fingerprint density at radius 2 is 1.88 bits per heavy atom. The van der Waals surface area contributed by atoms with E-state index in [1.807, 2.05) is 0 Å². The van der Waals surface area contributed by atoms with Gasteiger partial charge in [-0.1, -0.05) is 0 Å². The van der Waals surface area contributed by atoms with Crippen molar-refractivity contribution < 1.29 is 22.7 Å². The Labute approximate surface area is 186 Å². The Kier molecular flexibility index (Phi) is 5.19. The maximum Gasteiger partial charge on any atom is 0.341 e. The van der Waals surface area contributed by atoms with E-state index >= 15 is 0 Å². The molecule has 1 atom stereocenters. The van der Waals surface area contributed by atoms with Gasteiger partial charge in [0.15, 0.2) is 0 Å². The maximum atomic E-state index is 14.2. The van der Waals surface area contributed by atoms with Gasteiger partial charge in [0.1, 0.15) is 23.6 Å². The molecule has 170 valence electrons. The quantitative estimate of drug-likeness (QED) is 0.601. The lowest BCUT2D eigenvalue weighted by molar-refractivity contribution is 0.0229. The molecular weight excluding hydrogens is 439 g/mol. The second-order valence-corrected chi connectivity index (χ2v) is 7.69. The molecule has 12 heteroatoms. The number of hydrogen-bond acceptors (Lipinski definition) is 6. The summed E-state index contributed by atoms with van der Waals surface area (Å²) in [5.41, 5.74) is 0.317. The number of amides is 2. The van der Waals surface area contributed by atoms with Crippen LogP contribution in [0.3, 0.4) is 0 Å². The number of carbonyl (C=O) groups is 1. The smallest absolute Gasteiger partial charge is 0.341 e. The molecule has 2 amide bonds. The predicted molar refractivity (Wildman–Crippen MR) is 109 cm³/mol. The summed E-state index contributed by atoms with van der Waals surface area (Å²) in [6.45, 7) is 2.12. The molecule has 3 aromatic rings. The summed E-state index contributed by atoms with van der Waals surface area (Å²) in [6.07, 6.45) is 5.62. The van der Waals surface area contributed by atoms with E-state index in [-0.39, 0.29) is 24.9 Å². The number of benzene rings is 1. The molecular formula is C21H18F3N7O2. The van der Waals surface area contributed by atoms with Crippen LogP contribution in [0.15, 0.2) is 41.9 Å². The number of halogens is 3. The zero-order valence-electron chi connectivity index (χ0n) is 17.4. The summed E-state index contributed by atoms with van der Waals surface area (Å²) < 4.78 is 48.7. The van der Waals surface area contributed by atoms with Crippen LogP contribution >= 0.6 is 0 Å². The molecule has 0 bridgehead atoms. The van der Waals surface area contributed by atoms with Crippen LogP contribution in [0.25, 0.3) is 5.95 Å². The van der Waals surface area contributed by atoms with Crippen LogP contribution in [0, 0.1) is 24.4 Å². The number of carbonyl (C=O) groups excluding carboxylic acids is 1. The third-order valence-electron chi connectivity index (χ3n) is 5.43. The molecule has 4 heterocycles. The van der Waals surface area contributed by atoms with Crippen molar-refractivity contribution >= 4 is 12.2 Å². The van der Waals surface area contributed by atoms with E-state index in [9.17, 15) is 18.0 Å². The number of likely N-dealkylation sites (tertiary alicyclic amines) is 1. The molecule has 0 spiro atoms. The summed E-state index contributed by atoms with van der Waals surface area (Å²) in [7, 11) is 0. The Bertz CT molecular complexity index is 1220. The van der Waals surface area contributed by atoms with Gasteiger partial charge in [0, 0.05) is 31.1 Å². The van der Waals surface area contributed by atoms with Gasteiger partial charge in [-0.15, -0.1) is 0 Å². The number of aryl methyl sites for hydroxylation is 1. The third kappa shape index (κ3) is 3.99. The minimum absolute atomic E-state index is 0.179. The number of rotatable bonds is 4. The summed E-state index contributed by atoms with van der Waals surface area (Å²) in [5.74, 6) is -1.55. The van der Waals surface area contributed by atoms with Crippen molar-refractivity contribution in [2.24, 2.45) is 5.10 Å². The topological polar surface area (TPSA) is 88.7 Å². The molecule has 2 aromatic heterocycles. The molecule has 5 rings (SSSR count). The van der Waals surface area contributed by atoms with Crippen LogP contribution in [0.2, 0.25) is 0 Å². The van der Waals surface area contributed by atoms with Crippen molar-refractivity contribution in [2.45, 2.75) is 25.5 Å². The Hall–Kier alpha value is -3.96. The molecule has 1 saturated heterocycles. The van der Waals surface area contributed by atoms with Gasteiger partial charge in [0.05, 0.1) is 25.3 Å². The Morgan fingerprint density at radius 3 is 2.58 bits per heavy atom.